The van der Waals surface area contributed by atoms with E-state index in [0.717, 1.165) is 0 Å². The highest BCUT2D eigenvalue weighted by Crippen LogP contribution is 2.22. The van der Waals surface area contributed by atoms with Crippen molar-refractivity contribution in [2.75, 3.05) is 0 Å². The number of aromatic nitrogens is 3. The Kier molecular flexibility index (Phi) is 2.49. The molecule has 0 aliphatic carbocycles. The molecule has 0 spiro atoms. The zero-order chi connectivity index (χ0) is 8.27. The van der Waals surface area contributed by atoms with Gasteiger partial charge in [-0.05, 0) is 11.1 Å². The number of hydrogen-bond acceptors (Lipinski definition) is 5. The summed E-state index contributed by atoms with van der Waals surface area (Å²) in [4.78, 5) is 0. The first-order valence-electron chi connectivity index (χ1n) is 3.30. The van der Waals surface area contributed by atoms with Crippen LogP contribution in [0.3, 0.4) is 0 Å². The monoisotopic (exact) mass is 168 g/mol. The molecule has 0 N–H and O–H groups in total. The van der Waals surface area contributed by atoms with Gasteiger partial charge in [0, 0.05) is 11.5 Å². The first kappa shape index (κ1) is 8.08. The second kappa shape index (κ2) is 3.39. The summed E-state index contributed by atoms with van der Waals surface area (Å²) in [6.45, 7) is 3.96. The van der Waals surface area contributed by atoms with E-state index in [2.05, 4.69) is 20.9 Å². The lowest BCUT2D eigenvalue weighted by molar-refractivity contribution is 0.580. The van der Waals surface area contributed by atoms with E-state index in [1.165, 1.54) is 11.5 Å². The Labute approximate surface area is 69.0 Å². The Balaban J connectivity index is 2.82. The summed E-state index contributed by atoms with van der Waals surface area (Å²) in [6, 6.07) is 2.17. The molecule has 58 valence electrons. The number of hydrogen-bond donors (Lipinski definition) is 0. The zero-order valence-corrected chi connectivity index (χ0v) is 7.17. The highest BCUT2D eigenvalue weighted by molar-refractivity contribution is 7.05. The maximum absolute atomic E-state index is 8.73. The van der Waals surface area contributed by atoms with Gasteiger partial charge in [0.05, 0.1) is 6.07 Å². The Bertz CT molecular complexity index is 248. The minimum atomic E-state index is -0.157. The lowest BCUT2D eigenvalue weighted by Crippen LogP contribution is -2.03. The van der Waals surface area contributed by atoms with Gasteiger partial charge in [-0.3, -0.25) is 0 Å². The van der Waals surface area contributed by atoms with Crippen LogP contribution in [0.2, 0.25) is 0 Å². The van der Waals surface area contributed by atoms with Gasteiger partial charge >= 0.3 is 0 Å². The van der Waals surface area contributed by atoms with E-state index < -0.39 is 0 Å². The standard InChI is InChI=1S/C6H8N4S/c1-4(2)5(3-7)6-8-9-10-11-6/h4-5H,1-2H3. The third-order valence-corrected chi connectivity index (χ3v) is 2.06. The lowest BCUT2D eigenvalue weighted by atomic mass is 9.99. The zero-order valence-electron chi connectivity index (χ0n) is 6.35. The molecule has 5 heteroatoms. The maximum atomic E-state index is 8.73. The van der Waals surface area contributed by atoms with E-state index >= 15 is 0 Å². The van der Waals surface area contributed by atoms with Gasteiger partial charge in [0.2, 0.25) is 0 Å². The van der Waals surface area contributed by atoms with Gasteiger partial charge in [0.15, 0.2) is 5.01 Å². The third-order valence-electron chi connectivity index (χ3n) is 1.39. The molecule has 1 unspecified atom stereocenters. The molecule has 1 aromatic rings. The molecule has 0 aliphatic rings. The summed E-state index contributed by atoms with van der Waals surface area (Å²) in [5.41, 5.74) is 0. The second-order valence-corrected chi connectivity index (χ2v) is 3.32. The van der Waals surface area contributed by atoms with Crippen molar-refractivity contribution in [3.63, 3.8) is 0 Å². The molecule has 1 aromatic heterocycles. The molecule has 11 heavy (non-hydrogen) atoms. The molecule has 1 atom stereocenters. The fraction of sp³-hybridized carbons (Fsp3) is 0.667. The fourth-order valence-corrected chi connectivity index (χ4v) is 1.42. The highest BCUT2D eigenvalue weighted by atomic mass is 32.1. The van der Waals surface area contributed by atoms with Crippen LogP contribution >= 0.6 is 11.5 Å². The molecule has 1 heterocycles. The molecule has 4 nitrogen and oxygen atoms in total. The van der Waals surface area contributed by atoms with Crippen molar-refractivity contribution < 1.29 is 0 Å². The first-order chi connectivity index (χ1) is 5.25. The van der Waals surface area contributed by atoms with Crippen molar-refractivity contribution >= 4 is 11.5 Å². The van der Waals surface area contributed by atoms with Crippen LogP contribution in [-0.4, -0.2) is 14.8 Å². The Morgan fingerprint density at radius 2 is 2.27 bits per heavy atom. The summed E-state index contributed by atoms with van der Waals surface area (Å²) in [6.07, 6.45) is 0. The van der Waals surface area contributed by atoms with E-state index in [9.17, 15) is 0 Å². The van der Waals surface area contributed by atoms with Crippen LogP contribution in [0.1, 0.15) is 24.8 Å². The molecule has 0 aliphatic heterocycles. The van der Waals surface area contributed by atoms with E-state index in [1.54, 1.807) is 0 Å². The summed E-state index contributed by atoms with van der Waals surface area (Å²) in [5.74, 6) is 0.116. The maximum Gasteiger partial charge on any atom is 0.155 e. The molecular formula is C6H8N4S. The van der Waals surface area contributed by atoms with Crippen molar-refractivity contribution in [3.8, 4) is 6.07 Å². The normalized spacial score (nSPS) is 12.9. The van der Waals surface area contributed by atoms with Crippen molar-refractivity contribution in [2.45, 2.75) is 19.8 Å². The summed E-state index contributed by atoms with van der Waals surface area (Å²) in [7, 11) is 0. The minimum Gasteiger partial charge on any atom is -0.198 e. The molecule has 0 bridgehead atoms. The van der Waals surface area contributed by atoms with Crippen LogP contribution < -0.4 is 0 Å². The van der Waals surface area contributed by atoms with Crippen molar-refractivity contribution in [1.82, 2.24) is 14.8 Å². The average Bonchev–Trinajstić information content (AvgIpc) is 2.40. The molecule has 1 rings (SSSR count). The largest absolute Gasteiger partial charge is 0.198 e. The van der Waals surface area contributed by atoms with Gasteiger partial charge < -0.3 is 0 Å². The van der Waals surface area contributed by atoms with Crippen LogP contribution in [-0.2, 0) is 0 Å². The Hall–Kier alpha value is -1.02. The highest BCUT2D eigenvalue weighted by Gasteiger charge is 2.18. The predicted molar refractivity (Wildman–Crippen MR) is 40.9 cm³/mol. The molecule has 0 fully saturated rings. The molecular weight excluding hydrogens is 160 g/mol. The molecule has 0 aromatic carbocycles. The van der Waals surface area contributed by atoms with Crippen LogP contribution in [0.15, 0.2) is 0 Å². The summed E-state index contributed by atoms with van der Waals surface area (Å²) in [5, 5.41) is 16.6. The van der Waals surface area contributed by atoms with E-state index in [0.29, 0.717) is 5.01 Å². The molecule has 0 saturated heterocycles. The van der Waals surface area contributed by atoms with Crippen molar-refractivity contribution in [2.24, 2.45) is 5.92 Å². The van der Waals surface area contributed by atoms with Gasteiger partial charge in [-0.25, -0.2) is 0 Å². The van der Waals surface area contributed by atoms with Gasteiger partial charge in [-0.2, -0.15) is 5.26 Å². The predicted octanol–water partition coefficient (Wildman–Crippen LogP) is 1.20. The van der Waals surface area contributed by atoms with Gasteiger partial charge in [-0.15, -0.1) is 5.10 Å². The van der Waals surface area contributed by atoms with Gasteiger partial charge in [-0.1, -0.05) is 18.3 Å². The summed E-state index contributed by atoms with van der Waals surface area (Å²) >= 11 is 1.19. The van der Waals surface area contributed by atoms with Crippen LogP contribution in [0, 0.1) is 17.2 Å². The van der Waals surface area contributed by atoms with E-state index in [4.69, 9.17) is 5.26 Å². The summed E-state index contributed by atoms with van der Waals surface area (Å²) < 4.78 is 3.60. The topological polar surface area (TPSA) is 62.5 Å². The SMILES string of the molecule is CC(C)C(C#N)c1nnns1. The number of rotatable bonds is 2. The Morgan fingerprint density at radius 3 is 2.64 bits per heavy atom. The van der Waals surface area contributed by atoms with Gasteiger partial charge in [0.25, 0.3) is 0 Å². The van der Waals surface area contributed by atoms with E-state index in [1.807, 2.05) is 13.8 Å². The lowest BCUT2D eigenvalue weighted by Gasteiger charge is -2.06. The first-order valence-corrected chi connectivity index (χ1v) is 4.07. The second-order valence-electron chi connectivity index (χ2n) is 2.55. The average molecular weight is 168 g/mol. The van der Waals surface area contributed by atoms with Gasteiger partial charge in [0.1, 0.15) is 5.92 Å². The minimum absolute atomic E-state index is 0.157. The van der Waals surface area contributed by atoms with Crippen molar-refractivity contribution in [1.29, 1.82) is 5.26 Å². The van der Waals surface area contributed by atoms with E-state index in [-0.39, 0.29) is 11.8 Å². The third kappa shape index (κ3) is 1.71. The quantitative estimate of drug-likeness (QED) is 0.665. The molecule has 0 radical (unpaired) electrons. The van der Waals surface area contributed by atoms with Crippen molar-refractivity contribution in [3.05, 3.63) is 5.01 Å². The molecule has 0 amide bonds. The fourth-order valence-electron chi connectivity index (χ4n) is 0.749. The van der Waals surface area contributed by atoms with Crippen LogP contribution in [0.4, 0.5) is 0 Å². The van der Waals surface area contributed by atoms with Crippen LogP contribution in [0.25, 0.3) is 0 Å². The number of nitrogens with zero attached hydrogens (tertiary/aromatic N) is 4. The number of nitriles is 1. The van der Waals surface area contributed by atoms with Crippen LogP contribution in [0.5, 0.6) is 0 Å². The Morgan fingerprint density at radius 1 is 1.55 bits per heavy atom. The molecule has 0 saturated carbocycles. The smallest absolute Gasteiger partial charge is 0.155 e.